The number of benzene rings is 1. The minimum absolute atomic E-state index is 0.297. The third kappa shape index (κ3) is 3.19. The van der Waals surface area contributed by atoms with E-state index >= 15 is 0 Å². The lowest BCUT2D eigenvalue weighted by Crippen LogP contribution is -2.41. The first-order chi connectivity index (χ1) is 11.1. The minimum Gasteiger partial charge on any atom is -0.755 e. The lowest BCUT2D eigenvalue weighted by molar-refractivity contribution is 0.197. The van der Waals surface area contributed by atoms with Gasteiger partial charge in [-0.1, -0.05) is 30.3 Å². The Bertz CT molecular complexity index is 747. The summed E-state index contributed by atoms with van der Waals surface area (Å²) in [6, 6.07) is 11.8. The molecule has 0 fully saturated rings. The number of hydrazone groups is 1. The van der Waals surface area contributed by atoms with E-state index in [0.717, 1.165) is 15.6 Å². The fraction of sp³-hybridized carbons (Fsp3) is 0.200. The van der Waals surface area contributed by atoms with Gasteiger partial charge in [-0.15, -0.1) is 11.3 Å². The second kappa shape index (κ2) is 6.61. The van der Waals surface area contributed by atoms with Crippen molar-refractivity contribution >= 4 is 39.3 Å². The lowest BCUT2D eigenvalue weighted by atomic mass is 10.0. The molecular formula is C15H14N3O3S2-. The summed E-state index contributed by atoms with van der Waals surface area (Å²) in [5.41, 5.74) is 1.71. The molecule has 1 aromatic carbocycles. The van der Waals surface area contributed by atoms with Crippen molar-refractivity contribution in [3.05, 3.63) is 53.4 Å². The van der Waals surface area contributed by atoms with Crippen LogP contribution in [0.4, 0.5) is 9.80 Å². The van der Waals surface area contributed by atoms with Crippen LogP contribution < -0.4 is 4.31 Å². The quantitative estimate of drug-likeness (QED) is 0.799. The van der Waals surface area contributed by atoms with Crippen LogP contribution in [0.1, 0.15) is 24.9 Å². The van der Waals surface area contributed by atoms with Gasteiger partial charge in [-0.2, -0.15) is 5.10 Å². The molecule has 1 aromatic heterocycles. The highest BCUT2D eigenvalue weighted by atomic mass is 32.2. The van der Waals surface area contributed by atoms with Gasteiger partial charge in [-0.25, -0.2) is 14.1 Å². The van der Waals surface area contributed by atoms with Gasteiger partial charge in [-0.05, 0) is 30.0 Å². The van der Waals surface area contributed by atoms with Crippen LogP contribution in [0, 0.1) is 0 Å². The molecule has 2 unspecified atom stereocenters. The Morgan fingerprint density at radius 1 is 1.35 bits per heavy atom. The van der Waals surface area contributed by atoms with Crippen LogP contribution >= 0.6 is 11.3 Å². The minimum atomic E-state index is -2.71. The number of anilines is 1. The molecule has 2 atom stereocenters. The molecule has 0 spiro atoms. The van der Waals surface area contributed by atoms with Crippen LogP contribution in [-0.4, -0.2) is 25.5 Å². The molecule has 1 aliphatic heterocycles. The summed E-state index contributed by atoms with van der Waals surface area (Å²) in [6.07, 6.45) is 0.583. The predicted octanol–water partition coefficient (Wildman–Crippen LogP) is 3.29. The molecule has 0 bridgehead atoms. The summed E-state index contributed by atoms with van der Waals surface area (Å²) >= 11 is -1.53. The second-order valence-electron chi connectivity index (χ2n) is 5.06. The maximum Gasteiger partial charge on any atom is 0.357 e. The fourth-order valence-electron chi connectivity index (χ4n) is 2.48. The van der Waals surface area contributed by atoms with Crippen LogP contribution in [0.2, 0.25) is 0 Å². The number of nitrogens with zero attached hydrogens (tertiary/aromatic N) is 3. The van der Waals surface area contributed by atoms with Crippen molar-refractivity contribution < 1.29 is 13.6 Å². The molecule has 0 saturated heterocycles. The van der Waals surface area contributed by atoms with E-state index in [-0.39, 0.29) is 6.04 Å². The van der Waals surface area contributed by atoms with E-state index in [4.69, 9.17) is 0 Å². The highest BCUT2D eigenvalue weighted by molar-refractivity contribution is 7.81. The number of thiophene rings is 1. The number of hydrogen-bond donors (Lipinski definition) is 0. The van der Waals surface area contributed by atoms with Crippen molar-refractivity contribution in [1.29, 1.82) is 0 Å². The van der Waals surface area contributed by atoms with Gasteiger partial charge in [-0.3, -0.25) is 4.21 Å². The summed E-state index contributed by atoms with van der Waals surface area (Å²) in [6.45, 7) is 1.83. The first-order valence-corrected chi connectivity index (χ1v) is 8.84. The molecule has 1 aliphatic rings. The molecule has 120 valence electrons. The molecule has 0 saturated carbocycles. The van der Waals surface area contributed by atoms with Gasteiger partial charge < -0.3 is 4.55 Å². The Hall–Kier alpha value is -2.03. The Balaban J connectivity index is 1.94. The van der Waals surface area contributed by atoms with E-state index < -0.39 is 17.3 Å². The van der Waals surface area contributed by atoms with Crippen molar-refractivity contribution in [2.24, 2.45) is 5.10 Å². The van der Waals surface area contributed by atoms with Gasteiger partial charge in [0.15, 0.2) is 0 Å². The summed E-state index contributed by atoms with van der Waals surface area (Å²) in [5.74, 6) is 0. The smallest absolute Gasteiger partial charge is 0.357 e. The van der Waals surface area contributed by atoms with Gasteiger partial charge in [0.2, 0.25) is 0 Å². The number of urea groups is 1. The van der Waals surface area contributed by atoms with E-state index in [0.29, 0.717) is 11.4 Å². The number of carbonyl (C=O) groups is 1. The highest BCUT2D eigenvalue weighted by Gasteiger charge is 2.35. The van der Waals surface area contributed by atoms with Crippen molar-refractivity contribution in [3.63, 3.8) is 0 Å². The van der Waals surface area contributed by atoms with Crippen LogP contribution in [0.25, 0.3) is 0 Å². The monoisotopic (exact) mass is 348 g/mol. The van der Waals surface area contributed by atoms with E-state index in [1.807, 2.05) is 37.3 Å². The number of hydrogen-bond acceptors (Lipinski definition) is 5. The molecular weight excluding hydrogens is 334 g/mol. The lowest BCUT2D eigenvalue weighted by Gasteiger charge is -2.29. The molecule has 2 heterocycles. The Kier molecular flexibility index (Phi) is 4.56. The molecule has 6 nitrogen and oxygen atoms in total. The number of amides is 2. The first kappa shape index (κ1) is 15.9. The molecule has 2 amide bonds. The number of carbonyl (C=O) groups excluding carboxylic acids is 1. The average molecular weight is 348 g/mol. The Morgan fingerprint density at radius 2 is 2.09 bits per heavy atom. The zero-order chi connectivity index (χ0) is 16.4. The summed E-state index contributed by atoms with van der Waals surface area (Å²) in [4.78, 5) is 12.8. The van der Waals surface area contributed by atoms with E-state index in [1.54, 1.807) is 17.5 Å². The maximum absolute atomic E-state index is 12.8. The average Bonchev–Trinajstić information content (AvgIpc) is 3.17. The topological polar surface area (TPSA) is 76.0 Å². The number of rotatable bonds is 3. The molecule has 0 radical (unpaired) electrons. The second-order valence-corrected chi connectivity index (χ2v) is 6.78. The molecule has 0 aliphatic carbocycles. The summed E-state index contributed by atoms with van der Waals surface area (Å²) in [7, 11) is 0. The predicted molar refractivity (Wildman–Crippen MR) is 89.9 cm³/mol. The standard InChI is InChI=1S/C15H15N3O3S2/c1-11-10-13(12-6-3-2-4-7-12)17(16-11)15(19)18(23(20)21)14-8-5-9-22-14/h2-9,13H,10H2,1H3,(H,20,21)/p-1. The molecule has 23 heavy (non-hydrogen) atoms. The third-order valence-corrected chi connectivity index (χ3v) is 5.09. The van der Waals surface area contributed by atoms with Gasteiger partial charge in [0, 0.05) is 12.1 Å². The Morgan fingerprint density at radius 3 is 2.70 bits per heavy atom. The van der Waals surface area contributed by atoms with E-state index in [2.05, 4.69) is 5.10 Å². The molecule has 8 heteroatoms. The van der Waals surface area contributed by atoms with Crippen molar-refractivity contribution in [2.75, 3.05) is 4.31 Å². The van der Waals surface area contributed by atoms with E-state index in [1.165, 1.54) is 16.3 Å². The van der Waals surface area contributed by atoms with Crippen LogP contribution in [-0.2, 0) is 11.3 Å². The van der Waals surface area contributed by atoms with Gasteiger partial charge >= 0.3 is 6.03 Å². The molecule has 0 N–H and O–H groups in total. The highest BCUT2D eigenvalue weighted by Crippen LogP contribution is 2.33. The van der Waals surface area contributed by atoms with Crippen LogP contribution in [0.5, 0.6) is 0 Å². The van der Waals surface area contributed by atoms with Crippen molar-refractivity contribution in [2.45, 2.75) is 19.4 Å². The largest absolute Gasteiger partial charge is 0.755 e. The zero-order valence-electron chi connectivity index (χ0n) is 12.3. The fourth-order valence-corrected chi connectivity index (χ4v) is 3.84. The van der Waals surface area contributed by atoms with Gasteiger partial charge in [0.05, 0.1) is 17.3 Å². The Labute approximate surface area is 140 Å². The normalized spacial score (nSPS) is 18.6. The summed E-state index contributed by atoms with van der Waals surface area (Å²) in [5, 5.41) is 7.56. The van der Waals surface area contributed by atoms with Crippen molar-refractivity contribution in [3.8, 4) is 0 Å². The van der Waals surface area contributed by atoms with Crippen LogP contribution in [0.15, 0.2) is 52.9 Å². The SMILES string of the molecule is CC1=NN(C(=O)N(c2cccs2)S(=O)[O-])C(c2ccccc2)C1. The molecule has 2 aromatic rings. The van der Waals surface area contributed by atoms with E-state index in [9.17, 15) is 13.6 Å². The first-order valence-electron chi connectivity index (χ1n) is 6.93. The zero-order valence-corrected chi connectivity index (χ0v) is 13.9. The van der Waals surface area contributed by atoms with Gasteiger partial charge in [0.1, 0.15) is 5.00 Å². The van der Waals surface area contributed by atoms with Crippen LogP contribution in [0.3, 0.4) is 0 Å². The third-order valence-electron chi connectivity index (χ3n) is 3.47. The summed E-state index contributed by atoms with van der Waals surface area (Å²) < 4.78 is 23.9. The molecule has 3 rings (SSSR count). The van der Waals surface area contributed by atoms with Crippen molar-refractivity contribution in [1.82, 2.24) is 5.01 Å². The van der Waals surface area contributed by atoms with Gasteiger partial charge in [0.25, 0.3) is 0 Å². The maximum atomic E-state index is 12.8.